The molecule has 0 bridgehead atoms. The van der Waals surface area contributed by atoms with Crippen LogP contribution in [0.5, 0.6) is 0 Å². The summed E-state index contributed by atoms with van der Waals surface area (Å²) in [6, 6.07) is 17.7. The number of benzene rings is 3. The normalized spacial score (nSPS) is 15.1. The van der Waals surface area contributed by atoms with Gasteiger partial charge in [-0.3, -0.25) is 9.69 Å². The highest BCUT2D eigenvalue weighted by atomic mass is 19.1. The average molecular weight is 483 g/mol. The topological polar surface area (TPSA) is 38.8 Å². The summed E-state index contributed by atoms with van der Waals surface area (Å²) in [5.41, 5.74) is 2.43. The van der Waals surface area contributed by atoms with Crippen LogP contribution in [-0.4, -0.2) is 57.6 Å². The van der Waals surface area contributed by atoms with Crippen LogP contribution in [0.2, 0.25) is 0 Å². The maximum atomic E-state index is 14.1. The van der Waals surface area contributed by atoms with E-state index in [0.29, 0.717) is 13.1 Å². The lowest BCUT2D eigenvalue weighted by Gasteiger charge is -2.40. The van der Waals surface area contributed by atoms with Gasteiger partial charge in [0.2, 0.25) is 0 Å². The van der Waals surface area contributed by atoms with E-state index in [4.69, 9.17) is 0 Å². The fraction of sp³-hybridized carbons (Fsp3) is 0.296. The van der Waals surface area contributed by atoms with Crippen LogP contribution in [0.25, 0.3) is 0 Å². The summed E-state index contributed by atoms with van der Waals surface area (Å²) in [4.78, 5) is 19.1. The van der Waals surface area contributed by atoms with Gasteiger partial charge in [0.05, 0.1) is 6.04 Å². The first kappa shape index (κ1) is 24.6. The molecule has 0 spiro atoms. The number of amides is 1. The molecule has 1 atom stereocenters. The smallest absolute Gasteiger partial charge is 0.257 e. The van der Waals surface area contributed by atoms with Crippen LogP contribution >= 0.6 is 0 Å². The number of hydrogen-bond acceptors (Lipinski definition) is 4. The van der Waals surface area contributed by atoms with Gasteiger partial charge in [0.1, 0.15) is 23.0 Å². The predicted molar refractivity (Wildman–Crippen MR) is 132 cm³/mol. The van der Waals surface area contributed by atoms with Crippen molar-refractivity contribution in [2.24, 2.45) is 0 Å². The number of halogens is 3. The van der Waals surface area contributed by atoms with E-state index in [1.165, 1.54) is 18.2 Å². The SMILES string of the molecule is CN(C)c1ccc([C@@H](CNC(=O)c2c(F)cccc2F)N2CCN(c3ccc(F)cc3)CC2)cc1. The maximum Gasteiger partial charge on any atom is 0.257 e. The van der Waals surface area contributed by atoms with Gasteiger partial charge in [0.15, 0.2) is 0 Å². The highest BCUT2D eigenvalue weighted by Gasteiger charge is 2.27. The third-order valence-electron chi connectivity index (χ3n) is 6.39. The Morgan fingerprint density at radius 3 is 2.06 bits per heavy atom. The lowest BCUT2D eigenvalue weighted by molar-refractivity contribution is 0.0921. The van der Waals surface area contributed by atoms with Gasteiger partial charge in [-0.25, -0.2) is 13.2 Å². The molecule has 8 heteroatoms. The van der Waals surface area contributed by atoms with E-state index >= 15 is 0 Å². The van der Waals surface area contributed by atoms with Crippen LogP contribution in [0.4, 0.5) is 24.5 Å². The minimum absolute atomic E-state index is 0.180. The summed E-state index contributed by atoms with van der Waals surface area (Å²) in [5, 5.41) is 2.74. The number of piperazine rings is 1. The molecule has 184 valence electrons. The Bertz CT molecular complexity index is 1120. The van der Waals surface area contributed by atoms with Crippen molar-refractivity contribution in [1.29, 1.82) is 0 Å². The van der Waals surface area contributed by atoms with Crippen LogP contribution in [0.3, 0.4) is 0 Å². The molecule has 1 amide bonds. The van der Waals surface area contributed by atoms with Gasteiger partial charge in [-0.2, -0.15) is 0 Å². The fourth-order valence-electron chi connectivity index (χ4n) is 4.39. The van der Waals surface area contributed by atoms with Crippen molar-refractivity contribution in [3.63, 3.8) is 0 Å². The second-order valence-corrected chi connectivity index (χ2v) is 8.81. The highest BCUT2D eigenvalue weighted by Crippen LogP contribution is 2.26. The van der Waals surface area contributed by atoms with Gasteiger partial charge in [0, 0.05) is 58.2 Å². The summed E-state index contributed by atoms with van der Waals surface area (Å²) in [5.74, 6) is -2.82. The number of hydrogen-bond donors (Lipinski definition) is 1. The molecule has 0 unspecified atom stereocenters. The van der Waals surface area contributed by atoms with Crippen molar-refractivity contribution in [2.75, 3.05) is 56.6 Å². The zero-order chi connectivity index (χ0) is 24.9. The molecule has 1 N–H and O–H groups in total. The standard InChI is InChI=1S/C27H29F3N4O/c1-32(2)21-10-6-19(7-11-21)25(18-31-27(35)26-23(29)4-3-5-24(26)30)34-16-14-33(15-17-34)22-12-8-20(28)9-13-22/h3-13,25H,14-18H2,1-2H3,(H,31,35)/t25-/m1/s1. The Balaban J connectivity index is 1.50. The fourth-order valence-corrected chi connectivity index (χ4v) is 4.39. The third-order valence-corrected chi connectivity index (χ3v) is 6.39. The molecular weight excluding hydrogens is 453 g/mol. The van der Waals surface area contributed by atoms with Crippen LogP contribution in [-0.2, 0) is 0 Å². The number of carbonyl (C=O) groups is 1. The van der Waals surface area contributed by atoms with Crippen molar-refractivity contribution in [2.45, 2.75) is 6.04 Å². The van der Waals surface area contributed by atoms with E-state index in [2.05, 4.69) is 15.1 Å². The molecule has 0 saturated carbocycles. The van der Waals surface area contributed by atoms with Crippen molar-refractivity contribution < 1.29 is 18.0 Å². The molecule has 3 aromatic carbocycles. The van der Waals surface area contributed by atoms with Crippen LogP contribution in [0, 0.1) is 17.5 Å². The van der Waals surface area contributed by atoms with Gasteiger partial charge in [0.25, 0.3) is 5.91 Å². The van der Waals surface area contributed by atoms with E-state index in [1.54, 1.807) is 12.1 Å². The zero-order valence-corrected chi connectivity index (χ0v) is 19.8. The van der Waals surface area contributed by atoms with Gasteiger partial charge >= 0.3 is 0 Å². The number of nitrogens with zero attached hydrogens (tertiary/aromatic N) is 3. The van der Waals surface area contributed by atoms with E-state index in [1.807, 2.05) is 43.3 Å². The molecule has 1 saturated heterocycles. The molecule has 4 rings (SSSR count). The van der Waals surface area contributed by atoms with Gasteiger partial charge < -0.3 is 15.1 Å². The molecule has 0 aromatic heterocycles. The first-order valence-electron chi connectivity index (χ1n) is 11.6. The van der Waals surface area contributed by atoms with Gasteiger partial charge in [-0.1, -0.05) is 18.2 Å². The summed E-state index contributed by atoms with van der Waals surface area (Å²) in [7, 11) is 3.93. The number of nitrogens with one attached hydrogen (secondary N) is 1. The second-order valence-electron chi connectivity index (χ2n) is 8.81. The van der Waals surface area contributed by atoms with Crippen molar-refractivity contribution in [3.05, 3.63) is 95.3 Å². The van der Waals surface area contributed by atoms with Gasteiger partial charge in [-0.15, -0.1) is 0 Å². The molecule has 0 radical (unpaired) electrons. The lowest BCUT2D eigenvalue weighted by atomic mass is 10.0. The molecule has 5 nitrogen and oxygen atoms in total. The third kappa shape index (κ3) is 5.77. The Labute approximate surface area is 203 Å². The highest BCUT2D eigenvalue weighted by molar-refractivity contribution is 5.94. The van der Waals surface area contributed by atoms with E-state index in [0.717, 1.165) is 42.2 Å². The summed E-state index contributed by atoms with van der Waals surface area (Å²) in [6.07, 6.45) is 0. The van der Waals surface area contributed by atoms with E-state index in [-0.39, 0.29) is 18.4 Å². The molecule has 3 aromatic rings. The average Bonchev–Trinajstić information content (AvgIpc) is 2.85. The summed E-state index contributed by atoms with van der Waals surface area (Å²) in [6.45, 7) is 3.08. The molecule has 1 heterocycles. The van der Waals surface area contributed by atoms with E-state index < -0.39 is 23.1 Å². The first-order valence-corrected chi connectivity index (χ1v) is 11.6. The van der Waals surface area contributed by atoms with Crippen molar-refractivity contribution >= 4 is 17.3 Å². The molecule has 1 aliphatic rings. The Morgan fingerprint density at radius 1 is 0.886 bits per heavy atom. The summed E-state index contributed by atoms with van der Waals surface area (Å²) < 4.78 is 41.5. The molecule has 1 aliphatic heterocycles. The largest absolute Gasteiger partial charge is 0.378 e. The molecule has 1 fully saturated rings. The minimum atomic E-state index is -0.887. The quantitative estimate of drug-likeness (QED) is 0.540. The van der Waals surface area contributed by atoms with Crippen LogP contribution in [0.15, 0.2) is 66.7 Å². The maximum absolute atomic E-state index is 14.1. The lowest BCUT2D eigenvalue weighted by Crippen LogP contribution is -2.50. The van der Waals surface area contributed by atoms with Crippen LogP contribution in [0.1, 0.15) is 22.0 Å². The Hall–Kier alpha value is -3.52. The van der Waals surface area contributed by atoms with Crippen LogP contribution < -0.4 is 15.1 Å². The Kier molecular flexibility index (Phi) is 7.60. The second kappa shape index (κ2) is 10.8. The monoisotopic (exact) mass is 482 g/mol. The molecule has 0 aliphatic carbocycles. The van der Waals surface area contributed by atoms with E-state index in [9.17, 15) is 18.0 Å². The van der Waals surface area contributed by atoms with Gasteiger partial charge in [-0.05, 0) is 54.1 Å². The van der Waals surface area contributed by atoms with Crippen molar-refractivity contribution in [1.82, 2.24) is 10.2 Å². The minimum Gasteiger partial charge on any atom is -0.378 e. The molecule has 35 heavy (non-hydrogen) atoms. The number of carbonyl (C=O) groups excluding carboxylic acids is 1. The summed E-state index contributed by atoms with van der Waals surface area (Å²) >= 11 is 0. The Morgan fingerprint density at radius 2 is 1.49 bits per heavy atom. The number of anilines is 2. The zero-order valence-electron chi connectivity index (χ0n) is 19.8. The first-order chi connectivity index (χ1) is 16.8. The van der Waals surface area contributed by atoms with Crippen molar-refractivity contribution in [3.8, 4) is 0 Å². The number of rotatable bonds is 7. The molecular formula is C27H29F3N4O. The predicted octanol–water partition coefficient (Wildman–Crippen LogP) is 4.46.